The number of hydrogen-bond acceptors (Lipinski definition) is 1. The molecular weight excluding hydrogens is 364 g/mol. The summed E-state index contributed by atoms with van der Waals surface area (Å²) >= 11 is 0. The number of benzene rings is 4. The van der Waals surface area contributed by atoms with Gasteiger partial charge in [0.1, 0.15) is 12.4 Å². The van der Waals surface area contributed by atoms with Crippen LogP contribution in [0.25, 0.3) is 11.1 Å². The number of aryl methyl sites for hydroxylation is 2. The second-order valence-electron chi connectivity index (χ2n) is 7.66. The predicted molar refractivity (Wildman–Crippen MR) is 126 cm³/mol. The van der Waals surface area contributed by atoms with Crippen molar-refractivity contribution >= 4 is 0 Å². The van der Waals surface area contributed by atoms with Gasteiger partial charge in [-0.05, 0) is 54.0 Å². The van der Waals surface area contributed by atoms with Crippen LogP contribution in [0.2, 0.25) is 0 Å². The van der Waals surface area contributed by atoms with Crippen LogP contribution in [0.15, 0.2) is 109 Å². The maximum Gasteiger partial charge on any atom is 0.127 e. The van der Waals surface area contributed by atoms with Crippen LogP contribution in [0.1, 0.15) is 29.5 Å². The molecule has 0 aliphatic rings. The van der Waals surface area contributed by atoms with Crippen molar-refractivity contribution in [2.45, 2.75) is 32.3 Å². The molecule has 0 aliphatic heterocycles. The Morgan fingerprint density at radius 2 is 1.10 bits per heavy atom. The largest absolute Gasteiger partial charge is 0.488 e. The molecule has 30 heavy (non-hydrogen) atoms. The summed E-state index contributed by atoms with van der Waals surface area (Å²) in [4.78, 5) is 0. The van der Waals surface area contributed by atoms with Gasteiger partial charge in [-0.3, -0.25) is 0 Å². The standard InChI is InChI=1S/C29H28O/c1-3-12-24(13-4-1)14-7-8-15-25-18-11-19-27(22-25)28-20-9-10-21-29(28)30-23-26-16-5-2-6-17-26/h1-6,9-13,16-22H,7-8,14-15,23H2. The Balaban J connectivity index is 1.39. The molecule has 0 bridgehead atoms. The maximum atomic E-state index is 6.17. The van der Waals surface area contributed by atoms with Gasteiger partial charge in [-0.15, -0.1) is 0 Å². The van der Waals surface area contributed by atoms with E-state index in [1.165, 1.54) is 35.1 Å². The summed E-state index contributed by atoms with van der Waals surface area (Å²) < 4.78 is 6.17. The van der Waals surface area contributed by atoms with E-state index < -0.39 is 0 Å². The Kier molecular flexibility index (Phi) is 6.96. The van der Waals surface area contributed by atoms with E-state index in [-0.39, 0.29) is 0 Å². The molecule has 0 heterocycles. The van der Waals surface area contributed by atoms with E-state index in [0.29, 0.717) is 6.61 Å². The molecule has 4 aromatic rings. The highest BCUT2D eigenvalue weighted by molar-refractivity contribution is 5.70. The van der Waals surface area contributed by atoms with Gasteiger partial charge in [-0.1, -0.05) is 103 Å². The van der Waals surface area contributed by atoms with Crippen molar-refractivity contribution in [1.29, 1.82) is 0 Å². The van der Waals surface area contributed by atoms with E-state index in [4.69, 9.17) is 4.74 Å². The van der Waals surface area contributed by atoms with Gasteiger partial charge in [0.25, 0.3) is 0 Å². The molecule has 0 aromatic heterocycles. The summed E-state index contributed by atoms with van der Waals surface area (Å²) in [5, 5.41) is 0. The summed E-state index contributed by atoms with van der Waals surface area (Å²) in [6.45, 7) is 0.580. The summed E-state index contributed by atoms with van der Waals surface area (Å²) in [7, 11) is 0. The Bertz CT molecular complexity index is 1040. The lowest BCUT2D eigenvalue weighted by atomic mass is 9.99. The number of hydrogen-bond donors (Lipinski definition) is 0. The molecule has 0 unspecified atom stereocenters. The number of para-hydroxylation sites is 1. The Morgan fingerprint density at radius 1 is 0.500 bits per heavy atom. The molecule has 4 rings (SSSR count). The molecule has 0 saturated heterocycles. The SMILES string of the molecule is c1ccc(CCCCc2cccc(-c3ccccc3OCc3ccccc3)c2)cc1. The Labute approximate surface area is 180 Å². The number of unbranched alkanes of at least 4 members (excludes halogenated alkanes) is 1. The highest BCUT2D eigenvalue weighted by atomic mass is 16.5. The number of rotatable bonds is 9. The molecule has 150 valence electrons. The van der Waals surface area contributed by atoms with Crippen LogP contribution in [0.3, 0.4) is 0 Å². The molecule has 4 aromatic carbocycles. The van der Waals surface area contributed by atoms with Crippen molar-refractivity contribution in [3.63, 3.8) is 0 Å². The molecule has 0 spiro atoms. The van der Waals surface area contributed by atoms with E-state index >= 15 is 0 Å². The Morgan fingerprint density at radius 3 is 1.87 bits per heavy atom. The van der Waals surface area contributed by atoms with E-state index in [1.807, 2.05) is 24.3 Å². The van der Waals surface area contributed by atoms with Crippen molar-refractivity contribution in [3.8, 4) is 16.9 Å². The van der Waals surface area contributed by atoms with Gasteiger partial charge in [0, 0.05) is 5.56 Å². The molecule has 0 amide bonds. The summed E-state index contributed by atoms with van der Waals surface area (Å²) in [6.07, 6.45) is 4.67. The molecule has 1 nitrogen and oxygen atoms in total. The third kappa shape index (κ3) is 5.61. The van der Waals surface area contributed by atoms with Gasteiger partial charge in [0.05, 0.1) is 0 Å². The number of ether oxygens (including phenoxy) is 1. The fourth-order valence-corrected chi connectivity index (χ4v) is 3.76. The third-order valence-electron chi connectivity index (χ3n) is 5.39. The smallest absolute Gasteiger partial charge is 0.127 e. The predicted octanol–water partition coefficient (Wildman–Crippen LogP) is 7.50. The second kappa shape index (κ2) is 10.5. The van der Waals surface area contributed by atoms with Crippen LogP contribution in [-0.4, -0.2) is 0 Å². The van der Waals surface area contributed by atoms with Gasteiger partial charge in [0.15, 0.2) is 0 Å². The first-order valence-corrected chi connectivity index (χ1v) is 10.8. The van der Waals surface area contributed by atoms with Gasteiger partial charge in [-0.25, -0.2) is 0 Å². The average molecular weight is 393 g/mol. The zero-order valence-electron chi connectivity index (χ0n) is 17.3. The first kappa shape index (κ1) is 20.0. The van der Waals surface area contributed by atoms with Gasteiger partial charge in [-0.2, -0.15) is 0 Å². The topological polar surface area (TPSA) is 9.23 Å². The molecule has 1 heteroatoms. The first-order valence-electron chi connectivity index (χ1n) is 10.8. The van der Waals surface area contributed by atoms with E-state index in [0.717, 1.165) is 24.2 Å². The minimum absolute atomic E-state index is 0.580. The lowest BCUT2D eigenvalue weighted by Crippen LogP contribution is -1.97. The minimum Gasteiger partial charge on any atom is -0.488 e. The lowest BCUT2D eigenvalue weighted by molar-refractivity contribution is 0.307. The van der Waals surface area contributed by atoms with Crippen molar-refractivity contribution in [1.82, 2.24) is 0 Å². The molecule has 0 aliphatic carbocycles. The van der Waals surface area contributed by atoms with Gasteiger partial charge >= 0.3 is 0 Å². The second-order valence-corrected chi connectivity index (χ2v) is 7.66. The normalized spacial score (nSPS) is 10.7. The Hall–Kier alpha value is -3.32. The fourth-order valence-electron chi connectivity index (χ4n) is 3.76. The van der Waals surface area contributed by atoms with Gasteiger partial charge in [0.2, 0.25) is 0 Å². The van der Waals surface area contributed by atoms with Crippen molar-refractivity contribution < 1.29 is 4.74 Å². The van der Waals surface area contributed by atoms with Crippen LogP contribution in [0.5, 0.6) is 5.75 Å². The quantitative estimate of drug-likeness (QED) is 0.268. The summed E-state index contributed by atoms with van der Waals surface area (Å²) in [6, 6.07) is 38.3. The maximum absolute atomic E-state index is 6.17. The van der Waals surface area contributed by atoms with Crippen LogP contribution in [-0.2, 0) is 19.4 Å². The summed E-state index contributed by atoms with van der Waals surface area (Å²) in [5.41, 5.74) is 6.37. The van der Waals surface area contributed by atoms with Crippen LogP contribution < -0.4 is 4.74 Å². The van der Waals surface area contributed by atoms with Crippen LogP contribution in [0, 0.1) is 0 Å². The minimum atomic E-state index is 0.580. The molecule has 0 fully saturated rings. The van der Waals surface area contributed by atoms with Gasteiger partial charge < -0.3 is 4.74 Å². The monoisotopic (exact) mass is 392 g/mol. The fraction of sp³-hybridized carbons (Fsp3) is 0.172. The van der Waals surface area contributed by atoms with Crippen molar-refractivity contribution in [3.05, 3.63) is 126 Å². The first-order chi connectivity index (χ1) is 14.9. The lowest BCUT2D eigenvalue weighted by Gasteiger charge is -2.13. The van der Waals surface area contributed by atoms with Crippen molar-refractivity contribution in [2.75, 3.05) is 0 Å². The zero-order chi connectivity index (χ0) is 20.4. The van der Waals surface area contributed by atoms with E-state index in [2.05, 4.69) is 84.9 Å². The van der Waals surface area contributed by atoms with Crippen molar-refractivity contribution in [2.24, 2.45) is 0 Å². The molecule has 0 atom stereocenters. The molecule has 0 radical (unpaired) electrons. The van der Waals surface area contributed by atoms with E-state index in [1.54, 1.807) is 0 Å². The van der Waals surface area contributed by atoms with E-state index in [9.17, 15) is 0 Å². The molecule has 0 saturated carbocycles. The highest BCUT2D eigenvalue weighted by Gasteiger charge is 2.07. The zero-order valence-corrected chi connectivity index (χ0v) is 17.3. The molecular formula is C29H28O. The summed E-state index contributed by atoms with van der Waals surface area (Å²) in [5.74, 6) is 0.933. The van der Waals surface area contributed by atoms with Crippen LogP contribution >= 0.6 is 0 Å². The molecule has 0 N–H and O–H groups in total. The average Bonchev–Trinajstić information content (AvgIpc) is 2.82. The highest BCUT2D eigenvalue weighted by Crippen LogP contribution is 2.31. The third-order valence-corrected chi connectivity index (χ3v) is 5.39. The van der Waals surface area contributed by atoms with Crippen LogP contribution in [0.4, 0.5) is 0 Å².